The smallest absolute Gasteiger partial charge is 0.229 e. The van der Waals surface area contributed by atoms with Crippen LogP contribution in [0.1, 0.15) is 29.4 Å². The number of thiazole rings is 1. The van der Waals surface area contributed by atoms with Crippen LogP contribution in [0.15, 0.2) is 24.4 Å². The summed E-state index contributed by atoms with van der Waals surface area (Å²) in [6.45, 7) is 1.45. The van der Waals surface area contributed by atoms with E-state index in [4.69, 9.17) is 9.47 Å². The van der Waals surface area contributed by atoms with Crippen LogP contribution < -0.4 is 14.8 Å². The molecule has 0 unspecified atom stereocenters. The van der Waals surface area contributed by atoms with Crippen molar-refractivity contribution < 1.29 is 23.5 Å². The van der Waals surface area contributed by atoms with Gasteiger partial charge in [-0.05, 0) is 25.0 Å². The average molecular weight is 364 g/mol. The van der Waals surface area contributed by atoms with Crippen molar-refractivity contribution >= 4 is 28.2 Å². The van der Waals surface area contributed by atoms with Crippen molar-refractivity contribution in [2.24, 2.45) is 5.92 Å². The van der Waals surface area contributed by atoms with E-state index in [1.165, 1.54) is 38.4 Å². The van der Waals surface area contributed by atoms with Gasteiger partial charge in [0, 0.05) is 18.9 Å². The number of nitrogens with zero attached hydrogens (tertiary/aromatic N) is 1. The van der Waals surface area contributed by atoms with Crippen molar-refractivity contribution in [1.82, 2.24) is 4.98 Å². The fourth-order valence-corrected chi connectivity index (χ4v) is 3.21. The molecule has 0 spiro atoms. The maximum atomic E-state index is 13.3. The van der Waals surface area contributed by atoms with Crippen LogP contribution in [0, 0.1) is 11.7 Å². The van der Waals surface area contributed by atoms with Crippen LogP contribution >= 0.6 is 11.3 Å². The molecular formula is C17H17FN2O4S. The van der Waals surface area contributed by atoms with Gasteiger partial charge in [0.2, 0.25) is 5.91 Å². The van der Waals surface area contributed by atoms with Crippen molar-refractivity contribution in [3.8, 4) is 11.5 Å². The highest BCUT2D eigenvalue weighted by molar-refractivity contribution is 7.17. The van der Waals surface area contributed by atoms with E-state index in [2.05, 4.69) is 10.3 Å². The highest BCUT2D eigenvalue weighted by Gasteiger charge is 2.37. The minimum absolute atomic E-state index is 0.0841. The molecule has 2 aromatic rings. The van der Waals surface area contributed by atoms with E-state index >= 15 is 0 Å². The van der Waals surface area contributed by atoms with Crippen molar-refractivity contribution in [2.45, 2.75) is 25.9 Å². The Morgan fingerprint density at radius 1 is 1.32 bits per heavy atom. The van der Waals surface area contributed by atoms with E-state index in [1.54, 1.807) is 0 Å². The van der Waals surface area contributed by atoms with Crippen molar-refractivity contribution in [3.05, 3.63) is 35.1 Å². The lowest BCUT2D eigenvalue weighted by atomic mass is 9.81. The van der Waals surface area contributed by atoms with Gasteiger partial charge in [0.25, 0.3) is 0 Å². The number of benzene rings is 1. The summed E-state index contributed by atoms with van der Waals surface area (Å²) in [4.78, 5) is 27.9. The van der Waals surface area contributed by atoms with Gasteiger partial charge in [-0.3, -0.25) is 9.59 Å². The summed E-state index contributed by atoms with van der Waals surface area (Å²) in [5.41, 5.74) is 0. The number of nitrogens with one attached hydrogen (secondary N) is 1. The van der Waals surface area contributed by atoms with Crippen molar-refractivity contribution in [2.75, 3.05) is 12.4 Å². The molecule has 6 nitrogen and oxygen atoms in total. The number of halogens is 1. The zero-order valence-corrected chi connectivity index (χ0v) is 14.6. The van der Waals surface area contributed by atoms with Gasteiger partial charge in [-0.25, -0.2) is 9.37 Å². The minimum atomic E-state index is -0.408. The molecule has 0 saturated heterocycles. The van der Waals surface area contributed by atoms with Gasteiger partial charge in [0.05, 0.1) is 18.2 Å². The van der Waals surface area contributed by atoms with E-state index in [9.17, 15) is 14.0 Å². The Labute approximate surface area is 148 Å². The maximum Gasteiger partial charge on any atom is 0.229 e. The second kappa shape index (κ2) is 7.18. The number of ether oxygens (including phenoxy) is 2. The second-order valence-corrected chi connectivity index (χ2v) is 6.81. The molecule has 3 rings (SSSR count). The number of methoxy groups -OCH3 is 1. The molecule has 1 aromatic carbocycles. The van der Waals surface area contributed by atoms with Gasteiger partial charge in [0.15, 0.2) is 22.4 Å². The summed E-state index contributed by atoms with van der Waals surface area (Å²) in [6.07, 6.45) is 2.33. The first-order chi connectivity index (χ1) is 12.0. The molecule has 1 aliphatic carbocycles. The van der Waals surface area contributed by atoms with Crippen molar-refractivity contribution in [1.29, 1.82) is 0 Å². The number of hydrogen-bond acceptors (Lipinski definition) is 6. The molecule has 8 heteroatoms. The zero-order valence-electron chi connectivity index (χ0n) is 13.7. The van der Waals surface area contributed by atoms with Crippen LogP contribution in [0.4, 0.5) is 9.52 Å². The van der Waals surface area contributed by atoms with Crippen LogP contribution in [0.3, 0.4) is 0 Å². The largest absolute Gasteiger partial charge is 0.493 e. The van der Waals surface area contributed by atoms with Gasteiger partial charge in [-0.2, -0.15) is 0 Å². The van der Waals surface area contributed by atoms with Crippen molar-refractivity contribution in [3.63, 3.8) is 0 Å². The molecule has 1 aliphatic rings. The summed E-state index contributed by atoms with van der Waals surface area (Å²) in [7, 11) is 1.49. The fraction of sp³-hybridized carbons (Fsp3) is 0.353. The van der Waals surface area contributed by atoms with Gasteiger partial charge >= 0.3 is 0 Å². The predicted octanol–water partition coefficient (Wildman–Crippen LogP) is 3.29. The lowest BCUT2D eigenvalue weighted by molar-refractivity contribution is -0.125. The molecule has 1 fully saturated rings. The zero-order chi connectivity index (χ0) is 18.0. The number of aromatic nitrogens is 1. The standard InChI is InChI=1S/C17H17FN2O4S/c1-9(21)15-8-19-17(25-15)20-16(22)10-5-12(6-10)24-14-7-11(18)3-4-13(14)23-2/h3-4,7-8,10,12H,5-6H2,1-2H3,(H,19,20,22)/t10-,12-. The molecule has 0 bridgehead atoms. The number of anilines is 1. The molecule has 1 amide bonds. The summed E-state index contributed by atoms with van der Waals surface area (Å²) >= 11 is 1.15. The molecule has 25 heavy (non-hydrogen) atoms. The third-order valence-corrected chi connectivity index (χ3v) is 4.98. The Kier molecular flexibility index (Phi) is 4.98. The quantitative estimate of drug-likeness (QED) is 0.796. The van der Waals surface area contributed by atoms with Crippen LogP contribution in [0.2, 0.25) is 0 Å². The Balaban J connectivity index is 1.52. The lowest BCUT2D eigenvalue weighted by Gasteiger charge is -2.34. The molecule has 132 valence electrons. The Hall–Kier alpha value is -2.48. The first-order valence-electron chi connectivity index (χ1n) is 7.74. The van der Waals surface area contributed by atoms with Crippen LogP contribution in [-0.4, -0.2) is 29.9 Å². The molecule has 0 radical (unpaired) electrons. The van der Waals surface area contributed by atoms with Gasteiger partial charge < -0.3 is 14.8 Å². The van der Waals surface area contributed by atoms with Crippen LogP contribution in [0.25, 0.3) is 0 Å². The molecular weight excluding hydrogens is 347 g/mol. The number of rotatable bonds is 6. The molecule has 1 saturated carbocycles. The SMILES string of the molecule is COc1ccc(F)cc1O[C@H]1C[C@H](C(=O)Nc2ncc(C(C)=O)s2)C1. The predicted molar refractivity (Wildman–Crippen MR) is 90.8 cm³/mol. The Morgan fingerprint density at radius 3 is 2.72 bits per heavy atom. The normalized spacial score (nSPS) is 19.0. The number of Topliss-reactive ketones (excluding diaryl/α,β-unsaturated/α-hetero) is 1. The fourth-order valence-electron chi connectivity index (χ4n) is 2.50. The van der Waals surface area contributed by atoms with E-state index in [0.29, 0.717) is 34.3 Å². The Bertz CT molecular complexity index is 802. The molecule has 1 N–H and O–H groups in total. The van der Waals surface area contributed by atoms with Crippen LogP contribution in [-0.2, 0) is 4.79 Å². The molecule has 0 aliphatic heterocycles. The molecule has 0 atom stereocenters. The topological polar surface area (TPSA) is 77.5 Å². The summed E-state index contributed by atoms with van der Waals surface area (Å²) < 4.78 is 24.2. The first-order valence-corrected chi connectivity index (χ1v) is 8.55. The average Bonchev–Trinajstić information content (AvgIpc) is 2.99. The molecule has 1 aromatic heterocycles. The van der Waals surface area contributed by atoms with Gasteiger partial charge in [0.1, 0.15) is 11.9 Å². The summed E-state index contributed by atoms with van der Waals surface area (Å²) in [6, 6.07) is 4.07. The Morgan fingerprint density at radius 2 is 2.08 bits per heavy atom. The third-order valence-electron chi connectivity index (χ3n) is 3.97. The summed E-state index contributed by atoms with van der Waals surface area (Å²) in [5.74, 6) is -0.0652. The number of amides is 1. The number of carbonyl (C=O) groups is 2. The van der Waals surface area contributed by atoms with E-state index in [1.807, 2.05) is 0 Å². The third kappa shape index (κ3) is 3.96. The highest BCUT2D eigenvalue weighted by atomic mass is 32.1. The monoisotopic (exact) mass is 364 g/mol. The van der Waals surface area contributed by atoms with E-state index in [-0.39, 0.29) is 23.7 Å². The summed E-state index contributed by atoms with van der Waals surface area (Å²) in [5, 5.41) is 3.12. The maximum absolute atomic E-state index is 13.3. The second-order valence-electron chi connectivity index (χ2n) is 5.78. The minimum Gasteiger partial charge on any atom is -0.493 e. The number of carbonyl (C=O) groups excluding carboxylic acids is 2. The van der Waals surface area contributed by atoms with E-state index < -0.39 is 5.82 Å². The first kappa shape index (κ1) is 17.3. The van der Waals surface area contributed by atoms with Crippen LogP contribution in [0.5, 0.6) is 11.5 Å². The highest BCUT2D eigenvalue weighted by Crippen LogP contribution is 2.36. The lowest BCUT2D eigenvalue weighted by Crippen LogP contribution is -2.40. The van der Waals surface area contributed by atoms with E-state index in [0.717, 1.165) is 11.3 Å². The number of hydrogen-bond donors (Lipinski definition) is 1. The number of ketones is 1. The van der Waals surface area contributed by atoms with Gasteiger partial charge in [-0.1, -0.05) is 11.3 Å². The van der Waals surface area contributed by atoms with Gasteiger partial charge in [-0.15, -0.1) is 0 Å². The molecule has 1 heterocycles.